The van der Waals surface area contributed by atoms with E-state index in [-0.39, 0.29) is 5.56 Å². The van der Waals surface area contributed by atoms with Crippen molar-refractivity contribution in [3.05, 3.63) is 86.7 Å². The Morgan fingerprint density at radius 2 is 1.74 bits per heavy atom. The van der Waals surface area contributed by atoms with E-state index in [0.717, 1.165) is 16.3 Å². The molecule has 0 fully saturated rings. The number of hydrogen-bond donors (Lipinski definition) is 2. The minimum atomic E-state index is -0.701. The van der Waals surface area contributed by atoms with Crippen LogP contribution in [0.15, 0.2) is 64.3 Å². The number of aromatic nitrogens is 2. The Hall–Kier alpha value is -3.61. The number of aryl methyl sites for hydroxylation is 1. The van der Waals surface area contributed by atoms with Crippen molar-refractivity contribution in [2.24, 2.45) is 0 Å². The lowest BCUT2D eigenvalue weighted by Crippen LogP contribution is -2.38. The smallest absolute Gasteiger partial charge is 0.333 e. The zero-order valence-electron chi connectivity index (χ0n) is 15.0. The topological polar surface area (TPSA) is 93.2 Å². The first-order valence-corrected chi connectivity index (χ1v) is 8.45. The molecule has 0 radical (unpaired) electrons. The van der Waals surface area contributed by atoms with E-state index in [4.69, 9.17) is 4.74 Å². The monoisotopic (exact) mass is 365 g/mol. The maximum Gasteiger partial charge on any atom is 0.333 e. The molecule has 7 heteroatoms. The third-order valence-corrected chi connectivity index (χ3v) is 3.94. The third kappa shape index (κ3) is 3.98. The number of hydrogen-bond acceptors (Lipinski definition) is 4. The van der Waals surface area contributed by atoms with E-state index in [1.165, 1.54) is 0 Å². The summed E-state index contributed by atoms with van der Waals surface area (Å²) in [6.07, 6.45) is 1.12. The van der Waals surface area contributed by atoms with Gasteiger partial charge in [-0.25, -0.2) is 9.36 Å². The van der Waals surface area contributed by atoms with Crippen LogP contribution < -0.4 is 21.3 Å². The number of ether oxygens (including phenoxy) is 1. The summed E-state index contributed by atoms with van der Waals surface area (Å²) in [6.45, 7) is 4.30. The van der Waals surface area contributed by atoms with Crippen LogP contribution in [0.2, 0.25) is 0 Å². The van der Waals surface area contributed by atoms with Gasteiger partial charge in [0, 0.05) is 11.9 Å². The second-order valence-electron chi connectivity index (χ2n) is 5.90. The highest BCUT2D eigenvalue weighted by atomic mass is 16.5. The largest absolute Gasteiger partial charge is 0.494 e. The molecule has 7 nitrogen and oxygen atoms in total. The van der Waals surface area contributed by atoms with E-state index in [1.807, 2.05) is 26.0 Å². The highest BCUT2D eigenvalue weighted by Crippen LogP contribution is 2.14. The van der Waals surface area contributed by atoms with Gasteiger partial charge < -0.3 is 15.0 Å². The summed E-state index contributed by atoms with van der Waals surface area (Å²) < 4.78 is 6.27. The third-order valence-electron chi connectivity index (χ3n) is 3.94. The van der Waals surface area contributed by atoms with Gasteiger partial charge in [0.25, 0.3) is 11.5 Å². The van der Waals surface area contributed by atoms with Gasteiger partial charge in [-0.3, -0.25) is 9.59 Å². The number of carbonyl (C=O) groups excluding carboxylic acids is 1. The molecular weight excluding hydrogens is 346 g/mol. The molecule has 27 heavy (non-hydrogen) atoms. The van der Waals surface area contributed by atoms with Gasteiger partial charge in [0.15, 0.2) is 0 Å². The lowest BCUT2D eigenvalue weighted by Gasteiger charge is -2.09. The van der Waals surface area contributed by atoms with Crippen LogP contribution in [0.4, 0.5) is 5.69 Å². The molecule has 3 rings (SSSR count). The fourth-order valence-corrected chi connectivity index (χ4v) is 2.56. The molecule has 0 aliphatic rings. The summed E-state index contributed by atoms with van der Waals surface area (Å²) in [7, 11) is 0. The summed E-state index contributed by atoms with van der Waals surface area (Å²) in [4.78, 5) is 39.8. The number of carbonyl (C=O) groups is 1. The van der Waals surface area contributed by atoms with Gasteiger partial charge in [-0.15, -0.1) is 0 Å². The molecule has 0 atom stereocenters. The van der Waals surface area contributed by atoms with Crippen molar-refractivity contribution in [3.8, 4) is 11.4 Å². The van der Waals surface area contributed by atoms with E-state index in [2.05, 4.69) is 10.3 Å². The Bertz CT molecular complexity index is 1060. The van der Waals surface area contributed by atoms with Gasteiger partial charge in [0.05, 0.1) is 12.3 Å². The molecule has 0 bridgehead atoms. The molecule has 2 N–H and O–H groups in total. The molecule has 0 aliphatic heterocycles. The van der Waals surface area contributed by atoms with Crippen molar-refractivity contribution < 1.29 is 9.53 Å². The number of aromatic amines is 1. The summed E-state index contributed by atoms with van der Waals surface area (Å²) in [6, 6.07) is 13.7. The summed E-state index contributed by atoms with van der Waals surface area (Å²) in [5.74, 6) is 0.0267. The normalized spacial score (nSPS) is 10.4. The van der Waals surface area contributed by atoms with E-state index < -0.39 is 17.2 Å². The Morgan fingerprint density at radius 1 is 1.07 bits per heavy atom. The standard InChI is InChI=1S/C20H19N3O4/c1-3-27-16-10-8-15(9-11-16)23-19(25)17(12-21-20(23)26)18(24)22-14-6-4-13(2)5-7-14/h4-12H,3H2,1-2H3,(H,21,26)(H,22,24). The number of benzene rings is 2. The van der Waals surface area contributed by atoms with Crippen LogP contribution in [0, 0.1) is 6.92 Å². The van der Waals surface area contributed by atoms with Crippen LogP contribution in [0.5, 0.6) is 5.75 Å². The average Bonchev–Trinajstić information content (AvgIpc) is 2.65. The van der Waals surface area contributed by atoms with Crippen LogP contribution in [-0.4, -0.2) is 22.1 Å². The molecule has 3 aromatic rings. The van der Waals surface area contributed by atoms with E-state index >= 15 is 0 Å². The second kappa shape index (κ2) is 7.74. The summed E-state index contributed by atoms with van der Waals surface area (Å²) >= 11 is 0. The number of rotatable bonds is 5. The maximum atomic E-state index is 12.7. The Labute approximate surface area is 155 Å². The molecule has 0 spiro atoms. The number of amides is 1. The molecule has 0 saturated heterocycles. The minimum absolute atomic E-state index is 0.163. The fraction of sp³-hybridized carbons (Fsp3) is 0.150. The Morgan fingerprint density at radius 3 is 2.37 bits per heavy atom. The molecular formula is C20H19N3O4. The van der Waals surface area contributed by atoms with Crippen molar-refractivity contribution in [1.29, 1.82) is 0 Å². The summed E-state index contributed by atoms with van der Waals surface area (Å²) in [5.41, 5.74) is 0.459. The van der Waals surface area contributed by atoms with Gasteiger partial charge in [-0.1, -0.05) is 17.7 Å². The van der Waals surface area contributed by atoms with Crippen LogP contribution in [0.3, 0.4) is 0 Å². The lowest BCUT2D eigenvalue weighted by molar-refractivity contribution is 0.102. The number of H-pyrrole nitrogens is 1. The second-order valence-corrected chi connectivity index (χ2v) is 5.90. The summed E-state index contributed by atoms with van der Waals surface area (Å²) in [5, 5.41) is 2.66. The van der Waals surface area contributed by atoms with Crippen LogP contribution in [0.25, 0.3) is 5.69 Å². The van der Waals surface area contributed by atoms with Gasteiger partial charge in [0.2, 0.25) is 0 Å². The van der Waals surface area contributed by atoms with Crippen molar-refractivity contribution in [1.82, 2.24) is 9.55 Å². The number of anilines is 1. The Kier molecular flexibility index (Phi) is 5.21. The SMILES string of the molecule is CCOc1ccc(-n2c(=O)[nH]cc(C(=O)Nc3ccc(C)cc3)c2=O)cc1. The lowest BCUT2D eigenvalue weighted by atomic mass is 10.2. The van der Waals surface area contributed by atoms with Crippen molar-refractivity contribution >= 4 is 11.6 Å². The Balaban J connectivity index is 1.95. The zero-order valence-corrected chi connectivity index (χ0v) is 15.0. The number of nitrogens with zero attached hydrogens (tertiary/aromatic N) is 1. The zero-order chi connectivity index (χ0) is 19.4. The van der Waals surface area contributed by atoms with Gasteiger partial charge >= 0.3 is 5.69 Å². The van der Waals surface area contributed by atoms with Crippen LogP contribution in [0.1, 0.15) is 22.8 Å². The molecule has 2 aromatic carbocycles. The van der Waals surface area contributed by atoms with Crippen LogP contribution >= 0.6 is 0 Å². The first kappa shape index (κ1) is 18.2. The van der Waals surface area contributed by atoms with Crippen LogP contribution in [-0.2, 0) is 0 Å². The quantitative estimate of drug-likeness (QED) is 0.726. The van der Waals surface area contributed by atoms with Gasteiger partial charge in [-0.05, 0) is 50.2 Å². The predicted octanol–water partition coefficient (Wildman–Crippen LogP) is 2.49. The van der Waals surface area contributed by atoms with E-state index in [0.29, 0.717) is 23.7 Å². The highest BCUT2D eigenvalue weighted by molar-refractivity contribution is 6.03. The molecule has 1 aromatic heterocycles. The fourth-order valence-electron chi connectivity index (χ4n) is 2.56. The minimum Gasteiger partial charge on any atom is -0.494 e. The van der Waals surface area contributed by atoms with Crippen molar-refractivity contribution in [3.63, 3.8) is 0 Å². The first-order chi connectivity index (χ1) is 13.0. The van der Waals surface area contributed by atoms with Gasteiger partial charge in [-0.2, -0.15) is 0 Å². The average molecular weight is 365 g/mol. The maximum absolute atomic E-state index is 12.7. The van der Waals surface area contributed by atoms with Gasteiger partial charge in [0.1, 0.15) is 11.3 Å². The van der Waals surface area contributed by atoms with Crippen molar-refractivity contribution in [2.75, 3.05) is 11.9 Å². The molecule has 0 aliphatic carbocycles. The van der Waals surface area contributed by atoms with E-state index in [9.17, 15) is 14.4 Å². The molecule has 0 saturated carbocycles. The first-order valence-electron chi connectivity index (χ1n) is 8.45. The molecule has 1 amide bonds. The molecule has 0 unspecified atom stereocenters. The predicted molar refractivity (Wildman–Crippen MR) is 103 cm³/mol. The molecule has 1 heterocycles. The molecule has 138 valence electrons. The highest BCUT2D eigenvalue weighted by Gasteiger charge is 2.16. The number of nitrogens with one attached hydrogen (secondary N) is 2. The van der Waals surface area contributed by atoms with Crippen molar-refractivity contribution in [2.45, 2.75) is 13.8 Å². The van der Waals surface area contributed by atoms with E-state index in [1.54, 1.807) is 36.4 Å².